The summed E-state index contributed by atoms with van der Waals surface area (Å²) in [6.45, 7) is 0. The minimum Gasteiger partial charge on any atom is -0.260 e. The molecule has 0 aliphatic heterocycles. The van der Waals surface area contributed by atoms with E-state index in [1.165, 1.54) is 5.56 Å². The van der Waals surface area contributed by atoms with Crippen LogP contribution in [0, 0.1) is 5.92 Å². The van der Waals surface area contributed by atoms with Gasteiger partial charge in [0.25, 0.3) is 0 Å². The van der Waals surface area contributed by atoms with E-state index in [-0.39, 0.29) is 0 Å². The Balaban J connectivity index is 2.00. The Kier molecular flexibility index (Phi) is 5.86. The number of halogens is 3. The monoisotopic (exact) mass is 401 g/mol. The van der Waals surface area contributed by atoms with Crippen molar-refractivity contribution in [2.45, 2.75) is 12.8 Å². The molecule has 0 aliphatic rings. The van der Waals surface area contributed by atoms with Gasteiger partial charge in [-0.3, -0.25) is 4.98 Å². The summed E-state index contributed by atoms with van der Waals surface area (Å²) >= 11 is 12.9. The molecule has 4 heteroatoms. The number of pyridine rings is 1. The van der Waals surface area contributed by atoms with E-state index in [1.54, 1.807) is 0 Å². The van der Waals surface area contributed by atoms with Gasteiger partial charge in [-0.05, 0) is 64.5 Å². The molecule has 2 rings (SSSR count). The Hall–Kier alpha value is -0.380. The molecule has 0 amide bonds. The molecular weight excluding hydrogens is 389 g/mol. The molecule has 100 valence electrons. The zero-order chi connectivity index (χ0) is 13.7. The fraction of sp³-hybridized carbons (Fsp3) is 0.267. The molecule has 0 saturated heterocycles. The molecular formula is C15H14Br2ClN. The lowest BCUT2D eigenvalue weighted by atomic mass is 9.96. The lowest BCUT2D eigenvalue weighted by Gasteiger charge is -2.13. The van der Waals surface area contributed by atoms with Gasteiger partial charge in [0.1, 0.15) is 0 Å². The summed E-state index contributed by atoms with van der Waals surface area (Å²) in [6, 6.07) is 12.2. The minimum atomic E-state index is 0.537. The fourth-order valence-corrected chi connectivity index (χ4v) is 2.78. The highest BCUT2D eigenvalue weighted by Crippen LogP contribution is 2.18. The number of hydrogen-bond acceptors (Lipinski definition) is 1. The molecule has 1 nitrogen and oxygen atoms in total. The molecule has 19 heavy (non-hydrogen) atoms. The van der Waals surface area contributed by atoms with E-state index in [2.05, 4.69) is 55.0 Å². The molecule has 1 unspecified atom stereocenters. The highest BCUT2D eigenvalue weighted by Gasteiger charge is 2.10. The molecule has 0 spiro atoms. The van der Waals surface area contributed by atoms with Crippen LogP contribution in [0.5, 0.6) is 0 Å². The average Bonchev–Trinajstić information content (AvgIpc) is 2.43. The smallest absolute Gasteiger partial charge is 0.0413 e. The van der Waals surface area contributed by atoms with Crippen LogP contribution in [0.2, 0.25) is 5.02 Å². The molecule has 1 heterocycles. The number of alkyl halides is 1. The van der Waals surface area contributed by atoms with Gasteiger partial charge < -0.3 is 0 Å². The number of nitrogens with zero attached hydrogens (tertiary/aromatic N) is 1. The first kappa shape index (κ1) is 15.0. The Morgan fingerprint density at radius 2 is 1.79 bits per heavy atom. The average molecular weight is 404 g/mol. The third-order valence-corrected chi connectivity index (χ3v) is 4.58. The van der Waals surface area contributed by atoms with Crippen molar-refractivity contribution in [1.29, 1.82) is 0 Å². The third-order valence-electron chi connectivity index (χ3n) is 2.94. The zero-order valence-corrected chi connectivity index (χ0v) is 14.2. The molecule has 0 fully saturated rings. The van der Waals surface area contributed by atoms with Gasteiger partial charge in [0, 0.05) is 26.7 Å². The first-order valence-electron chi connectivity index (χ1n) is 6.08. The van der Waals surface area contributed by atoms with Gasteiger partial charge >= 0.3 is 0 Å². The Morgan fingerprint density at radius 1 is 1.05 bits per heavy atom. The molecule has 2 aromatic rings. The van der Waals surface area contributed by atoms with Crippen LogP contribution in [0.25, 0.3) is 0 Å². The second kappa shape index (κ2) is 7.41. The van der Waals surface area contributed by atoms with Crippen LogP contribution < -0.4 is 0 Å². The van der Waals surface area contributed by atoms with Crippen LogP contribution in [0.4, 0.5) is 0 Å². The van der Waals surface area contributed by atoms with Crippen LogP contribution in [0.3, 0.4) is 0 Å². The van der Waals surface area contributed by atoms with Gasteiger partial charge in [-0.1, -0.05) is 39.7 Å². The van der Waals surface area contributed by atoms with E-state index in [0.717, 1.165) is 33.4 Å². The molecule has 1 aromatic heterocycles. The maximum Gasteiger partial charge on any atom is 0.0413 e. The Morgan fingerprint density at radius 3 is 2.37 bits per heavy atom. The third kappa shape index (κ3) is 4.90. The lowest BCUT2D eigenvalue weighted by molar-refractivity contribution is 0.582. The van der Waals surface area contributed by atoms with Crippen LogP contribution in [0.15, 0.2) is 47.1 Å². The van der Waals surface area contributed by atoms with Crippen LogP contribution in [-0.4, -0.2) is 10.3 Å². The maximum atomic E-state index is 5.90. The maximum absolute atomic E-state index is 5.90. The van der Waals surface area contributed by atoms with Crippen molar-refractivity contribution in [1.82, 2.24) is 4.98 Å². The predicted molar refractivity (Wildman–Crippen MR) is 88.1 cm³/mol. The van der Waals surface area contributed by atoms with E-state index in [0.29, 0.717) is 5.92 Å². The number of rotatable bonds is 5. The number of benzene rings is 1. The Bertz CT molecular complexity index is 463. The van der Waals surface area contributed by atoms with Crippen LogP contribution in [-0.2, 0) is 12.8 Å². The van der Waals surface area contributed by atoms with Gasteiger partial charge in [-0.15, -0.1) is 0 Å². The summed E-state index contributed by atoms with van der Waals surface area (Å²) in [5.74, 6) is 0.537. The number of aromatic nitrogens is 1. The zero-order valence-electron chi connectivity index (χ0n) is 10.3. The van der Waals surface area contributed by atoms with Gasteiger partial charge in [0.05, 0.1) is 0 Å². The molecule has 0 bridgehead atoms. The van der Waals surface area contributed by atoms with Gasteiger partial charge in [-0.25, -0.2) is 0 Å². The van der Waals surface area contributed by atoms with Gasteiger partial charge in [0.15, 0.2) is 0 Å². The first-order valence-corrected chi connectivity index (χ1v) is 8.37. The van der Waals surface area contributed by atoms with Crippen LogP contribution in [0.1, 0.15) is 11.3 Å². The highest BCUT2D eigenvalue weighted by atomic mass is 79.9. The SMILES string of the molecule is Clc1ccc(CC(CBr)Cc2ccc(Br)cn2)cc1. The molecule has 0 N–H and O–H groups in total. The van der Waals surface area contributed by atoms with Crippen LogP contribution >= 0.6 is 43.5 Å². The van der Waals surface area contributed by atoms with Crippen molar-refractivity contribution in [2.75, 3.05) is 5.33 Å². The van der Waals surface area contributed by atoms with E-state index in [4.69, 9.17) is 11.6 Å². The standard InChI is InChI=1S/C15H14Br2ClN/c16-9-12(7-11-1-4-14(18)5-2-11)8-15-6-3-13(17)10-19-15/h1-6,10,12H,7-9H2. The first-order chi connectivity index (χ1) is 9.17. The largest absolute Gasteiger partial charge is 0.260 e. The molecule has 1 atom stereocenters. The number of hydrogen-bond donors (Lipinski definition) is 0. The van der Waals surface area contributed by atoms with E-state index >= 15 is 0 Å². The summed E-state index contributed by atoms with van der Waals surface area (Å²) in [6.07, 6.45) is 3.85. The van der Waals surface area contributed by atoms with Crippen molar-refractivity contribution in [3.05, 3.63) is 63.3 Å². The summed E-state index contributed by atoms with van der Waals surface area (Å²) < 4.78 is 1.02. The van der Waals surface area contributed by atoms with E-state index < -0.39 is 0 Å². The van der Waals surface area contributed by atoms with Crippen molar-refractivity contribution in [3.63, 3.8) is 0 Å². The normalized spacial score (nSPS) is 12.4. The summed E-state index contributed by atoms with van der Waals surface area (Å²) in [5.41, 5.74) is 2.44. The lowest BCUT2D eigenvalue weighted by Crippen LogP contribution is -2.10. The van der Waals surface area contributed by atoms with Crippen molar-refractivity contribution >= 4 is 43.5 Å². The molecule has 1 aromatic carbocycles. The van der Waals surface area contributed by atoms with E-state index in [9.17, 15) is 0 Å². The predicted octanol–water partition coefficient (Wildman–Crippen LogP) is 5.29. The summed E-state index contributed by atoms with van der Waals surface area (Å²) in [4.78, 5) is 4.43. The molecule has 0 saturated carbocycles. The summed E-state index contributed by atoms with van der Waals surface area (Å²) in [7, 11) is 0. The minimum absolute atomic E-state index is 0.537. The van der Waals surface area contributed by atoms with E-state index in [1.807, 2.05) is 24.4 Å². The summed E-state index contributed by atoms with van der Waals surface area (Å²) in [5, 5.41) is 1.75. The Labute approximate surface area is 135 Å². The second-order valence-corrected chi connectivity index (χ2v) is 6.52. The molecule has 0 radical (unpaired) electrons. The van der Waals surface area contributed by atoms with Crippen molar-refractivity contribution < 1.29 is 0 Å². The second-order valence-electron chi connectivity index (χ2n) is 4.52. The molecule has 0 aliphatic carbocycles. The van der Waals surface area contributed by atoms with Crippen molar-refractivity contribution in [3.8, 4) is 0 Å². The van der Waals surface area contributed by atoms with Gasteiger partial charge in [-0.2, -0.15) is 0 Å². The van der Waals surface area contributed by atoms with Crippen molar-refractivity contribution in [2.24, 2.45) is 5.92 Å². The van der Waals surface area contributed by atoms with Gasteiger partial charge in [0.2, 0.25) is 0 Å². The quantitative estimate of drug-likeness (QED) is 0.618. The topological polar surface area (TPSA) is 12.9 Å². The highest BCUT2D eigenvalue weighted by molar-refractivity contribution is 9.10. The fourth-order valence-electron chi connectivity index (χ4n) is 1.96.